The molecule has 0 radical (unpaired) electrons. The lowest BCUT2D eigenvalue weighted by atomic mass is 10.1. The zero-order valence-electron chi connectivity index (χ0n) is 15.8. The van der Waals surface area contributed by atoms with Gasteiger partial charge in [0.15, 0.2) is 6.61 Å². The average Bonchev–Trinajstić information content (AvgIpc) is 2.67. The lowest BCUT2D eigenvalue weighted by molar-refractivity contribution is -0.123. The van der Waals surface area contributed by atoms with Gasteiger partial charge in [0.2, 0.25) is 0 Å². The smallest absolute Gasteiger partial charge is 0.338 e. The third kappa shape index (κ3) is 5.30. The topological polar surface area (TPSA) is 97.4 Å². The van der Waals surface area contributed by atoms with Crippen LogP contribution < -0.4 is 10.6 Å². The number of benzene rings is 2. The molecule has 0 spiro atoms. The fourth-order valence-corrected chi connectivity index (χ4v) is 2.87. The van der Waals surface area contributed by atoms with E-state index in [0.717, 1.165) is 11.1 Å². The van der Waals surface area contributed by atoms with E-state index in [9.17, 15) is 14.4 Å². The summed E-state index contributed by atoms with van der Waals surface area (Å²) in [4.78, 5) is 40.1. The van der Waals surface area contributed by atoms with Crippen molar-refractivity contribution in [1.29, 1.82) is 0 Å². The van der Waals surface area contributed by atoms with Crippen LogP contribution in [0.1, 0.15) is 21.5 Å². The quantitative estimate of drug-likeness (QED) is 0.499. The van der Waals surface area contributed by atoms with Gasteiger partial charge in [-0.05, 0) is 55.8 Å². The summed E-state index contributed by atoms with van der Waals surface area (Å²) in [5.41, 5.74) is 3.40. The van der Waals surface area contributed by atoms with Crippen LogP contribution in [0.15, 0.2) is 48.5 Å². The van der Waals surface area contributed by atoms with E-state index >= 15 is 0 Å². The fraction of sp³-hybridized carbons (Fsp3) is 0.143. The van der Waals surface area contributed by atoms with Crippen molar-refractivity contribution in [2.24, 2.45) is 0 Å². The molecule has 3 amide bonds. The highest BCUT2D eigenvalue weighted by atomic mass is 35.5. The Morgan fingerprint density at radius 1 is 1.03 bits per heavy atom. The maximum absolute atomic E-state index is 12.2. The first-order valence-corrected chi connectivity index (χ1v) is 9.11. The minimum Gasteiger partial charge on any atom is -0.452 e. The van der Waals surface area contributed by atoms with Crippen LogP contribution in [0.25, 0.3) is 10.9 Å². The van der Waals surface area contributed by atoms with Crippen LogP contribution in [0, 0.1) is 13.8 Å². The number of anilines is 1. The van der Waals surface area contributed by atoms with Crippen LogP contribution in [0.3, 0.4) is 0 Å². The molecule has 1 aromatic heterocycles. The standard InChI is InChI=1S/C21H18ClN3O4/c1-12-3-6-16(13(2)9-12)24-21(28)25-19(26)11-29-20(27)15-4-7-17-14(10-15)5-8-18(22)23-17/h3-10H,11H2,1-2H3,(H2,24,25,26,28). The van der Waals surface area contributed by atoms with E-state index in [1.54, 1.807) is 30.3 Å². The summed E-state index contributed by atoms with van der Waals surface area (Å²) in [5, 5.41) is 5.77. The van der Waals surface area contributed by atoms with Gasteiger partial charge in [0.1, 0.15) is 5.15 Å². The first-order valence-electron chi connectivity index (χ1n) is 8.73. The molecule has 0 bridgehead atoms. The number of halogens is 1. The second-order valence-corrected chi connectivity index (χ2v) is 6.83. The van der Waals surface area contributed by atoms with Gasteiger partial charge in [-0.3, -0.25) is 10.1 Å². The monoisotopic (exact) mass is 411 g/mol. The van der Waals surface area contributed by atoms with Crippen molar-refractivity contribution in [2.75, 3.05) is 11.9 Å². The van der Waals surface area contributed by atoms with Crippen LogP contribution in [0.5, 0.6) is 0 Å². The molecule has 0 unspecified atom stereocenters. The number of hydrogen-bond acceptors (Lipinski definition) is 5. The van der Waals surface area contributed by atoms with Crippen molar-refractivity contribution in [1.82, 2.24) is 10.3 Å². The molecule has 0 fully saturated rings. The molecule has 3 aromatic rings. The van der Waals surface area contributed by atoms with Crippen LogP contribution in [0.4, 0.5) is 10.5 Å². The van der Waals surface area contributed by atoms with E-state index in [1.807, 2.05) is 26.0 Å². The van der Waals surface area contributed by atoms with E-state index in [1.165, 1.54) is 6.07 Å². The number of amides is 3. The molecule has 0 aliphatic carbocycles. The van der Waals surface area contributed by atoms with Crippen LogP contribution in [0.2, 0.25) is 5.15 Å². The highest BCUT2D eigenvalue weighted by Gasteiger charge is 2.14. The zero-order chi connectivity index (χ0) is 21.0. The van der Waals surface area contributed by atoms with Crippen molar-refractivity contribution >= 4 is 46.1 Å². The van der Waals surface area contributed by atoms with Gasteiger partial charge in [0, 0.05) is 11.1 Å². The van der Waals surface area contributed by atoms with Crippen LogP contribution >= 0.6 is 11.6 Å². The Hall–Kier alpha value is -3.45. The van der Waals surface area contributed by atoms with E-state index in [0.29, 0.717) is 21.7 Å². The van der Waals surface area contributed by atoms with Gasteiger partial charge in [-0.25, -0.2) is 14.6 Å². The number of hydrogen-bond donors (Lipinski definition) is 2. The number of nitrogens with one attached hydrogen (secondary N) is 2. The van der Waals surface area contributed by atoms with E-state index in [4.69, 9.17) is 16.3 Å². The first kappa shape index (κ1) is 20.3. The lowest BCUT2D eigenvalue weighted by Crippen LogP contribution is -2.37. The summed E-state index contributed by atoms with van der Waals surface area (Å²) in [6, 6.07) is 12.9. The van der Waals surface area contributed by atoms with Crippen molar-refractivity contribution in [2.45, 2.75) is 13.8 Å². The number of carbonyl (C=O) groups excluding carboxylic acids is 3. The second kappa shape index (κ2) is 8.70. The summed E-state index contributed by atoms with van der Waals surface area (Å²) in [6.07, 6.45) is 0. The number of urea groups is 1. The number of aromatic nitrogens is 1. The third-order valence-corrected chi connectivity index (χ3v) is 4.32. The molecule has 3 rings (SSSR count). The Labute approximate surface area is 172 Å². The molecule has 29 heavy (non-hydrogen) atoms. The third-order valence-electron chi connectivity index (χ3n) is 4.11. The van der Waals surface area contributed by atoms with Gasteiger partial charge in [0.25, 0.3) is 5.91 Å². The average molecular weight is 412 g/mol. The minimum absolute atomic E-state index is 0.258. The van der Waals surface area contributed by atoms with Gasteiger partial charge in [0.05, 0.1) is 11.1 Å². The number of nitrogens with zero attached hydrogens (tertiary/aromatic N) is 1. The van der Waals surface area contributed by atoms with Gasteiger partial charge in [-0.1, -0.05) is 29.3 Å². The molecule has 0 aliphatic heterocycles. The molecular formula is C21H18ClN3O4. The predicted molar refractivity (Wildman–Crippen MR) is 110 cm³/mol. The first-order chi connectivity index (χ1) is 13.8. The highest BCUT2D eigenvalue weighted by molar-refractivity contribution is 6.29. The van der Waals surface area contributed by atoms with Crippen molar-refractivity contribution in [3.05, 3.63) is 70.4 Å². The summed E-state index contributed by atoms with van der Waals surface area (Å²) >= 11 is 5.83. The predicted octanol–water partition coefficient (Wildman–Crippen LogP) is 4.01. The molecule has 2 aromatic carbocycles. The Kier molecular flexibility index (Phi) is 6.09. The number of imide groups is 1. The Balaban J connectivity index is 1.53. The van der Waals surface area contributed by atoms with Crippen molar-refractivity contribution in [3.63, 3.8) is 0 Å². The Morgan fingerprint density at radius 3 is 2.59 bits per heavy atom. The van der Waals surface area contributed by atoms with Crippen molar-refractivity contribution < 1.29 is 19.1 Å². The number of aryl methyl sites for hydroxylation is 2. The number of fused-ring (bicyclic) bond motifs is 1. The second-order valence-electron chi connectivity index (χ2n) is 6.44. The summed E-state index contributed by atoms with van der Waals surface area (Å²) < 4.78 is 4.98. The van der Waals surface area contributed by atoms with Crippen molar-refractivity contribution in [3.8, 4) is 0 Å². The largest absolute Gasteiger partial charge is 0.452 e. The van der Waals surface area contributed by atoms with Gasteiger partial charge >= 0.3 is 12.0 Å². The molecule has 0 atom stereocenters. The lowest BCUT2D eigenvalue weighted by Gasteiger charge is -2.10. The van der Waals surface area contributed by atoms with Gasteiger partial charge < -0.3 is 10.1 Å². The summed E-state index contributed by atoms with van der Waals surface area (Å²) in [5.74, 6) is -1.43. The number of carbonyl (C=O) groups is 3. The molecular weight excluding hydrogens is 394 g/mol. The van der Waals surface area contributed by atoms with Gasteiger partial charge in [-0.15, -0.1) is 0 Å². The van der Waals surface area contributed by atoms with Crippen LogP contribution in [-0.2, 0) is 9.53 Å². The SMILES string of the molecule is Cc1ccc(NC(=O)NC(=O)COC(=O)c2ccc3nc(Cl)ccc3c2)c(C)c1. The Morgan fingerprint density at radius 2 is 1.83 bits per heavy atom. The number of esters is 1. The normalized spacial score (nSPS) is 10.4. The molecule has 7 nitrogen and oxygen atoms in total. The molecule has 8 heteroatoms. The molecule has 2 N–H and O–H groups in total. The van der Waals surface area contributed by atoms with E-state index < -0.39 is 24.5 Å². The zero-order valence-corrected chi connectivity index (χ0v) is 16.5. The Bertz CT molecular complexity index is 1110. The molecule has 0 saturated carbocycles. The van der Waals surface area contributed by atoms with Crippen LogP contribution in [-0.4, -0.2) is 29.5 Å². The molecule has 148 valence electrons. The minimum atomic E-state index is -0.741. The maximum atomic E-state index is 12.2. The highest BCUT2D eigenvalue weighted by Crippen LogP contribution is 2.18. The van der Waals surface area contributed by atoms with Gasteiger partial charge in [-0.2, -0.15) is 0 Å². The molecule has 0 aliphatic rings. The number of rotatable bonds is 4. The fourth-order valence-electron chi connectivity index (χ4n) is 2.71. The van der Waals surface area contributed by atoms with E-state index in [2.05, 4.69) is 15.6 Å². The molecule has 1 heterocycles. The number of pyridine rings is 1. The molecule has 0 saturated heterocycles. The maximum Gasteiger partial charge on any atom is 0.338 e. The number of ether oxygens (including phenoxy) is 1. The summed E-state index contributed by atoms with van der Waals surface area (Å²) in [7, 11) is 0. The summed E-state index contributed by atoms with van der Waals surface area (Å²) in [6.45, 7) is 3.20. The van der Waals surface area contributed by atoms with E-state index in [-0.39, 0.29) is 5.56 Å².